The molecular weight excluding hydrogens is 258 g/mol. The summed E-state index contributed by atoms with van der Waals surface area (Å²) in [7, 11) is 0. The Morgan fingerprint density at radius 2 is 2.26 bits per heavy atom. The number of hydrogen-bond acceptors (Lipinski definition) is 4. The largest absolute Gasteiger partial charge is 0.351 e. The van der Waals surface area contributed by atoms with Crippen LogP contribution in [0.25, 0.3) is 0 Å². The second kappa shape index (κ2) is 5.49. The molecule has 0 bridgehead atoms. The molecule has 1 aliphatic rings. The topological polar surface area (TPSA) is 45.2 Å². The summed E-state index contributed by atoms with van der Waals surface area (Å²) in [5, 5.41) is 4.13. The first-order valence-corrected chi connectivity index (χ1v) is 7.66. The summed E-state index contributed by atoms with van der Waals surface area (Å²) in [6.45, 7) is 9.93. The first kappa shape index (κ1) is 14.3. The van der Waals surface area contributed by atoms with Gasteiger partial charge in [-0.2, -0.15) is 0 Å². The highest BCUT2D eigenvalue weighted by molar-refractivity contribution is 7.15. The number of piperidine rings is 1. The van der Waals surface area contributed by atoms with Gasteiger partial charge in [-0.3, -0.25) is 4.79 Å². The van der Waals surface area contributed by atoms with Crippen LogP contribution in [0.3, 0.4) is 0 Å². The molecule has 1 aliphatic heterocycles. The molecule has 2 heterocycles. The molecular formula is C14H23N3OS. The molecule has 106 valence electrons. The van der Waals surface area contributed by atoms with Crippen molar-refractivity contribution < 1.29 is 4.79 Å². The molecule has 0 aromatic carbocycles. The van der Waals surface area contributed by atoms with Crippen LogP contribution in [-0.2, 0) is 4.79 Å². The van der Waals surface area contributed by atoms with E-state index in [-0.39, 0.29) is 17.4 Å². The molecule has 1 unspecified atom stereocenters. The molecule has 0 saturated carbocycles. The zero-order valence-corrected chi connectivity index (χ0v) is 13.0. The Bertz CT molecular complexity index is 450. The van der Waals surface area contributed by atoms with Gasteiger partial charge >= 0.3 is 0 Å². The Balaban J connectivity index is 1.99. The highest BCUT2D eigenvalue weighted by Gasteiger charge is 2.28. The lowest BCUT2D eigenvalue weighted by Crippen LogP contribution is -2.48. The quantitative estimate of drug-likeness (QED) is 0.906. The molecule has 1 aromatic rings. The Labute approximate surface area is 119 Å². The van der Waals surface area contributed by atoms with Crippen LogP contribution >= 0.6 is 11.3 Å². The molecule has 1 N–H and O–H groups in total. The maximum Gasteiger partial charge on any atom is 0.225 e. The van der Waals surface area contributed by atoms with Crippen LogP contribution in [0.15, 0.2) is 6.20 Å². The van der Waals surface area contributed by atoms with Gasteiger partial charge in [0.15, 0.2) is 5.13 Å². The van der Waals surface area contributed by atoms with Crippen molar-refractivity contribution in [2.45, 2.75) is 46.1 Å². The van der Waals surface area contributed by atoms with E-state index in [1.807, 2.05) is 27.0 Å². The summed E-state index contributed by atoms with van der Waals surface area (Å²) in [5.74, 6) is 0.252. The molecule has 1 aromatic heterocycles. The number of aromatic nitrogens is 1. The number of carbonyl (C=O) groups is 1. The lowest BCUT2D eigenvalue weighted by atomic mass is 9.96. The molecule has 5 heteroatoms. The number of hydrogen-bond donors (Lipinski definition) is 1. The minimum Gasteiger partial charge on any atom is -0.351 e. The Morgan fingerprint density at radius 1 is 1.53 bits per heavy atom. The number of thiazole rings is 1. The molecule has 19 heavy (non-hydrogen) atoms. The van der Waals surface area contributed by atoms with E-state index < -0.39 is 0 Å². The SMILES string of the molecule is Cc1cnc(N2CCCC(C(=O)NC(C)(C)C)C2)s1. The molecule has 1 saturated heterocycles. The minimum absolute atomic E-state index is 0.0807. The van der Waals surface area contributed by atoms with E-state index in [0.717, 1.165) is 31.1 Å². The van der Waals surface area contributed by atoms with Crippen molar-refractivity contribution in [2.75, 3.05) is 18.0 Å². The number of anilines is 1. The molecule has 1 atom stereocenters. The van der Waals surface area contributed by atoms with E-state index in [1.165, 1.54) is 4.88 Å². The molecule has 4 nitrogen and oxygen atoms in total. The number of aryl methyl sites for hydroxylation is 1. The predicted molar refractivity (Wildman–Crippen MR) is 79.7 cm³/mol. The number of carbonyl (C=O) groups excluding carboxylic acids is 1. The van der Waals surface area contributed by atoms with Crippen molar-refractivity contribution in [1.29, 1.82) is 0 Å². The number of rotatable bonds is 2. The predicted octanol–water partition coefficient (Wildman–Crippen LogP) is 2.58. The third-order valence-electron chi connectivity index (χ3n) is 3.17. The van der Waals surface area contributed by atoms with Gasteiger partial charge in [-0.15, -0.1) is 11.3 Å². The summed E-state index contributed by atoms with van der Waals surface area (Å²) in [6.07, 6.45) is 3.93. The van der Waals surface area contributed by atoms with Crippen molar-refractivity contribution in [1.82, 2.24) is 10.3 Å². The average molecular weight is 281 g/mol. The van der Waals surface area contributed by atoms with Gasteiger partial charge in [-0.25, -0.2) is 4.98 Å². The zero-order valence-electron chi connectivity index (χ0n) is 12.2. The van der Waals surface area contributed by atoms with Crippen LogP contribution in [-0.4, -0.2) is 29.5 Å². The maximum absolute atomic E-state index is 12.2. The maximum atomic E-state index is 12.2. The van der Waals surface area contributed by atoms with Crippen molar-refractivity contribution in [3.8, 4) is 0 Å². The van der Waals surface area contributed by atoms with Gasteiger partial charge < -0.3 is 10.2 Å². The van der Waals surface area contributed by atoms with E-state index >= 15 is 0 Å². The molecule has 1 amide bonds. The van der Waals surface area contributed by atoms with Gasteiger partial charge in [0.2, 0.25) is 5.91 Å². The molecule has 0 aliphatic carbocycles. The highest BCUT2D eigenvalue weighted by Crippen LogP contribution is 2.27. The summed E-state index contributed by atoms with van der Waals surface area (Å²) >= 11 is 1.70. The smallest absolute Gasteiger partial charge is 0.225 e. The number of nitrogens with one attached hydrogen (secondary N) is 1. The summed E-state index contributed by atoms with van der Waals surface area (Å²) in [6, 6.07) is 0. The van der Waals surface area contributed by atoms with Gasteiger partial charge in [0, 0.05) is 29.7 Å². The summed E-state index contributed by atoms with van der Waals surface area (Å²) < 4.78 is 0. The minimum atomic E-state index is -0.156. The van der Waals surface area contributed by atoms with E-state index in [1.54, 1.807) is 11.3 Å². The van der Waals surface area contributed by atoms with Crippen molar-refractivity contribution >= 4 is 22.4 Å². The third-order valence-corrected chi connectivity index (χ3v) is 4.14. The summed E-state index contributed by atoms with van der Waals surface area (Å²) in [5.41, 5.74) is -0.156. The van der Waals surface area contributed by atoms with Crippen molar-refractivity contribution in [3.63, 3.8) is 0 Å². The van der Waals surface area contributed by atoms with Crippen LogP contribution < -0.4 is 10.2 Å². The number of amides is 1. The van der Waals surface area contributed by atoms with Crippen LogP contribution in [0, 0.1) is 12.8 Å². The van der Waals surface area contributed by atoms with Gasteiger partial charge in [0.1, 0.15) is 0 Å². The zero-order chi connectivity index (χ0) is 14.0. The van der Waals surface area contributed by atoms with E-state index in [4.69, 9.17) is 0 Å². The fourth-order valence-electron chi connectivity index (χ4n) is 2.33. The van der Waals surface area contributed by atoms with E-state index in [0.29, 0.717) is 0 Å². The standard InChI is InChI=1S/C14H23N3OS/c1-10-8-15-13(19-10)17-7-5-6-11(9-17)12(18)16-14(2,3)4/h8,11H,5-7,9H2,1-4H3,(H,16,18). The lowest BCUT2D eigenvalue weighted by Gasteiger charge is -2.33. The van der Waals surface area contributed by atoms with Crippen LogP contribution in [0.5, 0.6) is 0 Å². The van der Waals surface area contributed by atoms with Gasteiger partial charge in [-0.05, 0) is 40.5 Å². The number of nitrogens with zero attached hydrogens (tertiary/aromatic N) is 2. The first-order chi connectivity index (χ1) is 8.85. The first-order valence-electron chi connectivity index (χ1n) is 6.84. The molecule has 1 fully saturated rings. The Morgan fingerprint density at radius 3 is 2.84 bits per heavy atom. The third kappa shape index (κ3) is 3.93. The monoisotopic (exact) mass is 281 g/mol. The fourth-order valence-corrected chi connectivity index (χ4v) is 3.12. The van der Waals surface area contributed by atoms with Crippen molar-refractivity contribution in [3.05, 3.63) is 11.1 Å². The van der Waals surface area contributed by atoms with Gasteiger partial charge in [0.05, 0.1) is 5.92 Å². The highest BCUT2D eigenvalue weighted by atomic mass is 32.1. The van der Waals surface area contributed by atoms with E-state index in [9.17, 15) is 4.79 Å². The molecule has 0 radical (unpaired) electrons. The van der Waals surface area contributed by atoms with E-state index in [2.05, 4.69) is 22.1 Å². The van der Waals surface area contributed by atoms with Crippen molar-refractivity contribution in [2.24, 2.45) is 5.92 Å². The molecule has 2 rings (SSSR count). The Hall–Kier alpha value is -1.10. The second-order valence-electron chi connectivity index (χ2n) is 6.28. The summed E-state index contributed by atoms with van der Waals surface area (Å²) in [4.78, 5) is 20.1. The second-order valence-corrected chi connectivity index (χ2v) is 7.49. The van der Waals surface area contributed by atoms with Crippen LogP contribution in [0.4, 0.5) is 5.13 Å². The average Bonchev–Trinajstić information content (AvgIpc) is 2.74. The molecule has 0 spiro atoms. The fraction of sp³-hybridized carbons (Fsp3) is 0.714. The lowest BCUT2D eigenvalue weighted by molar-refractivity contribution is -0.126. The van der Waals surface area contributed by atoms with Crippen LogP contribution in [0.2, 0.25) is 0 Å². The van der Waals surface area contributed by atoms with Gasteiger partial charge in [0.25, 0.3) is 0 Å². The Kier molecular flexibility index (Phi) is 4.13. The van der Waals surface area contributed by atoms with Gasteiger partial charge in [-0.1, -0.05) is 0 Å². The van der Waals surface area contributed by atoms with Crippen LogP contribution in [0.1, 0.15) is 38.5 Å². The normalized spacial score (nSPS) is 20.4.